The lowest BCUT2D eigenvalue weighted by atomic mass is 10.2. The minimum absolute atomic E-state index is 0.0648. The topological polar surface area (TPSA) is 29.1 Å². The fourth-order valence-corrected chi connectivity index (χ4v) is 0.740. The Bertz CT molecular complexity index is 120. The van der Waals surface area contributed by atoms with Crippen LogP contribution in [0, 0.1) is 0 Å². The van der Waals surface area contributed by atoms with Crippen LogP contribution in [-0.2, 0) is 4.79 Å². The molecule has 0 spiro atoms. The van der Waals surface area contributed by atoms with E-state index in [1.165, 1.54) is 0 Å². The molecule has 0 bridgehead atoms. The van der Waals surface area contributed by atoms with E-state index < -0.39 is 0 Å². The number of carbonyl (C=O) groups excluding carboxylic acids is 1. The molecule has 0 amide bonds. The maximum atomic E-state index is 10.5. The second-order valence-electron chi connectivity index (χ2n) is 1.97. The van der Waals surface area contributed by atoms with Crippen LogP contribution in [0.5, 0.6) is 0 Å². The largest absolute Gasteiger partial charge is 0.381 e. The maximum Gasteiger partial charge on any atom is 0.152 e. The standard InChI is InChI=1S/C6H9NO/c1-5(8)6-3-2-4-7-6/h2,4,6-7H,3H2,1H3/t6-/m0/s1. The van der Waals surface area contributed by atoms with Crippen molar-refractivity contribution in [3.05, 3.63) is 12.3 Å². The molecule has 0 aliphatic carbocycles. The highest BCUT2D eigenvalue weighted by molar-refractivity contribution is 5.82. The number of carbonyl (C=O) groups is 1. The minimum Gasteiger partial charge on any atom is -0.381 e. The van der Waals surface area contributed by atoms with Crippen molar-refractivity contribution >= 4 is 5.78 Å². The lowest BCUT2D eigenvalue weighted by Crippen LogP contribution is -2.26. The summed E-state index contributed by atoms with van der Waals surface area (Å²) in [5.74, 6) is 0.218. The Balaban J connectivity index is 2.41. The molecule has 2 heteroatoms. The molecule has 0 saturated heterocycles. The highest BCUT2D eigenvalue weighted by Gasteiger charge is 2.12. The predicted octanol–water partition coefficient (Wildman–Crippen LogP) is 0.451. The summed E-state index contributed by atoms with van der Waals surface area (Å²) < 4.78 is 0. The zero-order chi connectivity index (χ0) is 5.98. The van der Waals surface area contributed by atoms with Crippen LogP contribution in [0.4, 0.5) is 0 Å². The number of ketones is 1. The van der Waals surface area contributed by atoms with Crippen molar-refractivity contribution in [2.24, 2.45) is 0 Å². The number of hydrogen-bond acceptors (Lipinski definition) is 2. The van der Waals surface area contributed by atoms with Gasteiger partial charge in [0.25, 0.3) is 0 Å². The van der Waals surface area contributed by atoms with Gasteiger partial charge in [-0.3, -0.25) is 4.79 Å². The first-order valence-electron chi connectivity index (χ1n) is 2.72. The second kappa shape index (κ2) is 1.99. The van der Waals surface area contributed by atoms with Gasteiger partial charge in [0.2, 0.25) is 0 Å². The molecular weight excluding hydrogens is 102 g/mol. The quantitative estimate of drug-likeness (QED) is 0.532. The van der Waals surface area contributed by atoms with Gasteiger partial charge in [0.1, 0.15) is 0 Å². The molecule has 1 aliphatic heterocycles. The average molecular weight is 111 g/mol. The van der Waals surface area contributed by atoms with Crippen LogP contribution >= 0.6 is 0 Å². The van der Waals surface area contributed by atoms with E-state index in [9.17, 15) is 4.79 Å². The van der Waals surface area contributed by atoms with Gasteiger partial charge in [-0.1, -0.05) is 6.08 Å². The smallest absolute Gasteiger partial charge is 0.152 e. The molecule has 0 fully saturated rings. The maximum absolute atomic E-state index is 10.5. The van der Waals surface area contributed by atoms with E-state index in [4.69, 9.17) is 0 Å². The molecule has 0 unspecified atom stereocenters. The first kappa shape index (κ1) is 5.35. The molecule has 2 nitrogen and oxygen atoms in total. The predicted molar refractivity (Wildman–Crippen MR) is 31.4 cm³/mol. The molecule has 0 aromatic heterocycles. The van der Waals surface area contributed by atoms with Crippen molar-refractivity contribution in [3.8, 4) is 0 Å². The fourth-order valence-electron chi connectivity index (χ4n) is 0.740. The summed E-state index contributed by atoms with van der Waals surface area (Å²) in [5, 5.41) is 2.93. The van der Waals surface area contributed by atoms with Crippen molar-refractivity contribution < 1.29 is 4.79 Å². The van der Waals surface area contributed by atoms with Crippen LogP contribution in [0.2, 0.25) is 0 Å². The van der Waals surface area contributed by atoms with Gasteiger partial charge in [0.05, 0.1) is 6.04 Å². The van der Waals surface area contributed by atoms with Gasteiger partial charge in [-0.2, -0.15) is 0 Å². The Morgan fingerprint density at radius 1 is 1.88 bits per heavy atom. The van der Waals surface area contributed by atoms with Crippen LogP contribution < -0.4 is 5.32 Å². The third-order valence-electron chi connectivity index (χ3n) is 1.28. The van der Waals surface area contributed by atoms with Gasteiger partial charge in [0, 0.05) is 0 Å². The highest BCUT2D eigenvalue weighted by atomic mass is 16.1. The van der Waals surface area contributed by atoms with E-state index >= 15 is 0 Å². The van der Waals surface area contributed by atoms with E-state index in [1.807, 2.05) is 12.3 Å². The monoisotopic (exact) mass is 111 g/mol. The van der Waals surface area contributed by atoms with Gasteiger partial charge in [-0.05, 0) is 19.5 Å². The summed E-state index contributed by atoms with van der Waals surface area (Å²) in [6, 6.07) is 0.0648. The Morgan fingerprint density at radius 3 is 2.88 bits per heavy atom. The Morgan fingerprint density at radius 2 is 2.62 bits per heavy atom. The van der Waals surface area contributed by atoms with E-state index in [-0.39, 0.29) is 11.8 Å². The zero-order valence-electron chi connectivity index (χ0n) is 4.85. The number of nitrogens with one attached hydrogen (secondary N) is 1. The molecule has 1 rings (SSSR count). The molecule has 1 aliphatic rings. The summed E-state index contributed by atoms with van der Waals surface area (Å²) >= 11 is 0. The number of Topliss-reactive ketones (excluding diaryl/α,β-unsaturated/α-hetero) is 1. The summed E-state index contributed by atoms with van der Waals surface area (Å²) in [5.41, 5.74) is 0. The van der Waals surface area contributed by atoms with Crippen LogP contribution in [0.3, 0.4) is 0 Å². The summed E-state index contributed by atoms with van der Waals surface area (Å²) in [6.45, 7) is 1.60. The number of rotatable bonds is 1. The zero-order valence-corrected chi connectivity index (χ0v) is 4.85. The van der Waals surface area contributed by atoms with Crippen LogP contribution in [0.1, 0.15) is 13.3 Å². The van der Waals surface area contributed by atoms with Gasteiger partial charge < -0.3 is 5.32 Å². The molecule has 44 valence electrons. The molecular formula is C6H9NO. The molecule has 0 radical (unpaired) electrons. The van der Waals surface area contributed by atoms with Crippen molar-refractivity contribution in [2.45, 2.75) is 19.4 Å². The first-order valence-corrected chi connectivity index (χ1v) is 2.72. The Labute approximate surface area is 48.6 Å². The average Bonchev–Trinajstić information content (AvgIpc) is 2.12. The van der Waals surface area contributed by atoms with E-state index in [1.54, 1.807) is 6.92 Å². The molecule has 1 N–H and O–H groups in total. The van der Waals surface area contributed by atoms with Crippen LogP contribution in [0.15, 0.2) is 12.3 Å². The Kier molecular flexibility index (Phi) is 1.33. The van der Waals surface area contributed by atoms with Gasteiger partial charge in [0.15, 0.2) is 5.78 Å². The highest BCUT2D eigenvalue weighted by Crippen LogP contribution is 2.00. The molecule has 0 aromatic rings. The van der Waals surface area contributed by atoms with Gasteiger partial charge in [-0.25, -0.2) is 0 Å². The molecule has 1 atom stereocenters. The van der Waals surface area contributed by atoms with Crippen molar-refractivity contribution in [3.63, 3.8) is 0 Å². The van der Waals surface area contributed by atoms with Crippen molar-refractivity contribution in [1.29, 1.82) is 0 Å². The summed E-state index contributed by atoms with van der Waals surface area (Å²) in [4.78, 5) is 10.5. The Hall–Kier alpha value is -0.790. The fraction of sp³-hybridized carbons (Fsp3) is 0.500. The summed E-state index contributed by atoms with van der Waals surface area (Å²) in [7, 11) is 0. The van der Waals surface area contributed by atoms with E-state index in [0.717, 1.165) is 6.42 Å². The molecule has 8 heavy (non-hydrogen) atoms. The lowest BCUT2D eigenvalue weighted by molar-refractivity contribution is -0.118. The van der Waals surface area contributed by atoms with Crippen LogP contribution in [0.25, 0.3) is 0 Å². The first-order chi connectivity index (χ1) is 3.80. The normalized spacial score (nSPS) is 25.4. The van der Waals surface area contributed by atoms with Crippen molar-refractivity contribution in [2.75, 3.05) is 0 Å². The second-order valence-corrected chi connectivity index (χ2v) is 1.97. The molecule has 0 aromatic carbocycles. The number of hydrogen-bond donors (Lipinski definition) is 1. The van der Waals surface area contributed by atoms with Gasteiger partial charge >= 0.3 is 0 Å². The third-order valence-corrected chi connectivity index (χ3v) is 1.28. The summed E-state index contributed by atoms with van der Waals surface area (Å²) in [6.07, 6.45) is 4.65. The van der Waals surface area contributed by atoms with E-state index in [0.29, 0.717) is 0 Å². The lowest BCUT2D eigenvalue weighted by Gasteiger charge is -2.03. The molecule has 0 saturated carbocycles. The van der Waals surface area contributed by atoms with Crippen LogP contribution in [-0.4, -0.2) is 11.8 Å². The van der Waals surface area contributed by atoms with Gasteiger partial charge in [-0.15, -0.1) is 0 Å². The minimum atomic E-state index is 0.0648. The van der Waals surface area contributed by atoms with Crippen molar-refractivity contribution in [1.82, 2.24) is 5.32 Å². The molecule has 1 heterocycles. The SMILES string of the molecule is CC(=O)[C@@H]1CC=CN1. The van der Waals surface area contributed by atoms with E-state index in [2.05, 4.69) is 5.32 Å². The third kappa shape index (κ3) is 0.886.